The highest BCUT2D eigenvalue weighted by Crippen LogP contribution is 2.38. The molecule has 1 aliphatic heterocycles. The lowest BCUT2D eigenvalue weighted by molar-refractivity contribution is 0.273. The van der Waals surface area contributed by atoms with Crippen molar-refractivity contribution >= 4 is 33.2 Å². The van der Waals surface area contributed by atoms with Crippen molar-refractivity contribution in [2.45, 2.75) is 12.5 Å². The van der Waals surface area contributed by atoms with E-state index < -0.39 is 0 Å². The van der Waals surface area contributed by atoms with Crippen LogP contribution in [-0.2, 0) is 0 Å². The number of hydrogen-bond donors (Lipinski definition) is 1. The fourth-order valence-electron chi connectivity index (χ4n) is 2.36. The van der Waals surface area contributed by atoms with E-state index in [4.69, 9.17) is 21.1 Å². The molecule has 21 heavy (non-hydrogen) atoms. The molecule has 4 nitrogen and oxygen atoms in total. The van der Waals surface area contributed by atoms with Gasteiger partial charge in [0.1, 0.15) is 11.5 Å². The number of halogens is 2. The van der Waals surface area contributed by atoms with E-state index in [9.17, 15) is 0 Å². The van der Waals surface area contributed by atoms with Gasteiger partial charge in [0.25, 0.3) is 0 Å². The molecule has 2 heterocycles. The third-order valence-electron chi connectivity index (χ3n) is 3.39. The Morgan fingerprint density at radius 1 is 1.43 bits per heavy atom. The number of rotatable bonds is 3. The van der Waals surface area contributed by atoms with Crippen molar-refractivity contribution in [2.24, 2.45) is 0 Å². The Balaban J connectivity index is 1.92. The second-order valence-corrected chi connectivity index (χ2v) is 6.00. The van der Waals surface area contributed by atoms with Crippen LogP contribution in [0.5, 0.6) is 11.5 Å². The fraction of sp³-hybridized carbons (Fsp3) is 0.267. The number of nitrogens with one attached hydrogen (secondary N) is 1. The fourth-order valence-corrected chi connectivity index (χ4v) is 2.85. The van der Waals surface area contributed by atoms with Crippen LogP contribution in [-0.4, -0.2) is 18.7 Å². The quantitative estimate of drug-likeness (QED) is 0.812. The second-order valence-electron chi connectivity index (χ2n) is 4.73. The number of hydrogen-bond acceptors (Lipinski definition) is 4. The lowest BCUT2D eigenvalue weighted by Gasteiger charge is -2.28. The molecule has 3 rings (SSSR count). The van der Waals surface area contributed by atoms with E-state index >= 15 is 0 Å². The lowest BCUT2D eigenvalue weighted by Crippen LogP contribution is -2.20. The van der Waals surface area contributed by atoms with Gasteiger partial charge in [-0.1, -0.05) is 11.6 Å². The molecule has 0 saturated carbocycles. The SMILES string of the molecule is COc1ccc2c(c1)C(Nc1cc(Br)cnc1Cl)CCO2. The maximum atomic E-state index is 6.15. The second kappa shape index (κ2) is 6.12. The number of pyridine rings is 1. The maximum Gasteiger partial charge on any atom is 0.152 e. The topological polar surface area (TPSA) is 43.4 Å². The number of aromatic nitrogens is 1. The van der Waals surface area contributed by atoms with Crippen LogP contribution >= 0.6 is 27.5 Å². The predicted octanol–water partition coefficient (Wildman–Crippen LogP) is 4.44. The number of nitrogens with zero attached hydrogens (tertiary/aromatic N) is 1. The van der Waals surface area contributed by atoms with E-state index in [1.165, 1.54) is 0 Å². The van der Waals surface area contributed by atoms with Gasteiger partial charge in [-0.2, -0.15) is 0 Å². The summed E-state index contributed by atoms with van der Waals surface area (Å²) in [6.07, 6.45) is 2.53. The first-order valence-electron chi connectivity index (χ1n) is 6.55. The zero-order valence-corrected chi connectivity index (χ0v) is 13.7. The van der Waals surface area contributed by atoms with Gasteiger partial charge in [0.05, 0.1) is 25.4 Å². The third kappa shape index (κ3) is 3.09. The van der Waals surface area contributed by atoms with Crippen LogP contribution in [0.25, 0.3) is 0 Å². The molecule has 0 fully saturated rings. The zero-order chi connectivity index (χ0) is 14.8. The Morgan fingerprint density at radius 3 is 3.10 bits per heavy atom. The summed E-state index contributed by atoms with van der Waals surface area (Å²) in [5, 5.41) is 3.89. The van der Waals surface area contributed by atoms with E-state index in [-0.39, 0.29) is 6.04 Å². The number of benzene rings is 1. The normalized spacial score (nSPS) is 16.8. The minimum absolute atomic E-state index is 0.109. The summed E-state index contributed by atoms with van der Waals surface area (Å²) < 4.78 is 11.9. The van der Waals surface area contributed by atoms with Gasteiger partial charge >= 0.3 is 0 Å². The zero-order valence-electron chi connectivity index (χ0n) is 11.4. The van der Waals surface area contributed by atoms with Crippen molar-refractivity contribution in [3.63, 3.8) is 0 Å². The molecule has 2 aromatic rings. The Hall–Kier alpha value is -1.46. The van der Waals surface area contributed by atoms with Crippen molar-refractivity contribution in [1.82, 2.24) is 4.98 Å². The Morgan fingerprint density at radius 2 is 2.29 bits per heavy atom. The molecule has 0 bridgehead atoms. The number of methoxy groups -OCH3 is 1. The van der Waals surface area contributed by atoms with Crippen LogP contribution in [0.3, 0.4) is 0 Å². The van der Waals surface area contributed by atoms with E-state index in [1.54, 1.807) is 13.3 Å². The van der Waals surface area contributed by atoms with E-state index in [2.05, 4.69) is 26.2 Å². The van der Waals surface area contributed by atoms with Crippen LogP contribution in [0.2, 0.25) is 5.15 Å². The highest BCUT2D eigenvalue weighted by Gasteiger charge is 2.23. The van der Waals surface area contributed by atoms with Crippen LogP contribution in [0.15, 0.2) is 34.9 Å². The minimum atomic E-state index is 0.109. The van der Waals surface area contributed by atoms with Crippen molar-refractivity contribution in [1.29, 1.82) is 0 Å². The summed E-state index contributed by atoms with van der Waals surface area (Å²) >= 11 is 9.56. The van der Waals surface area contributed by atoms with Crippen LogP contribution < -0.4 is 14.8 Å². The van der Waals surface area contributed by atoms with Gasteiger partial charge in [-0.3, -0.25) is 0 Å². The van der Waals surface area contributed by atoms with Gasteiger partial charge in [0.2, 0.25) is 0 Å². The predicted molar refractivity (Wildman–Crippen MR) is 86.4 cm³/mol. The standard InChI is InChI=1S/C15H14BrClN2O2/c1-20-10-2-3-14-11(7-10)12(4-5-21-14)19-13-6-9(16)8-18-15(13)17/h2-3,6-8,12,19H,4-5H2,1H3. The van der Waals surface area contributed by atoms with Crippen LogP contribution in [0, 0.1) is 0 Å². The summed E-state index contributed by atoms with van der Waals surface area (Å²) in [6.45, 7) is 0.663. The number of ether oxygens (including phenoxy) is 2. The summed E-state index contributed by atoms with van der Waals surface area (Å²) in [5.41, 5.74) is 1.86. The molecule has 0 saturated heterocycles. The molecule has 6 heteroatoms. The van der Waals surface area contributed by atoms with Gasteiger partial charge in [0, 0.05) is 22.7 Å². The molecule has 1 aromatic carbocycles. The summed E-state index contributed by atoms with van der Waals surface area (Å²) in [6, 6.07) is 7.85. The molecular formula is C15H14BrClN2O2. The molecule has 1 aromatic heterocycles. The first kappa shape index (κ1) is 14.5. The third-order valence-corrected chi connectivity index (χ3v) is 4.13. The van der Waals surface area contributed by atoms with E-state index in [0.717, 1.165) is 33.6 Å². The molecular weight excluding hydrogens is 356 g/mol. The van der Waals surface area contributed by atoms with Gasteiger partial charge in [-0.25, -0.2) is 4.98 Å². The number of anilines is 1. The Bertz CT molecular complexity index is 666. The molecule has 0 amide bonds. The van der Waals surface area contributed by atoms with Crippen molar-refractivity contribution in [3.8, 4) is 11.5 Å². The largest absolute Gasteiger partial charge is 0.497 e. The van der Waals surface area contributed by atoms with Crippen molar-refractivity contribution in [3.05, 3.63) is 45.7 Å². The highest BCUT2D eigenvalue weighted by atomic mass is 79.9. The summed E-state index contributed by atoms with van der Waals surface area (Å²) in [7, 11) is 1.66. The molecule has 1 N–H and O–H groups in total. The molecule has 0 radical (unpaired) electrons. The van der Waals surface area contributed by atoms with Crippen LogP contribution in [0.4, 0.5) is 5.69 Å². The van der Waals surface area contributed by atoms with E-state index in [1.807, 2.05) is 24.3 Å². The molecule has 110 valence electrons. The van der Waals surface area contributed by atoms with Crippen molar-refractivity contribution in [2.75, 3.05) is 19.0 Å². The van der Waals surface area contributed by atoms with Gasteiger partial charge in [-0.05, 0) is 40.2 Å². The minimum Gasteiger partial charge on any atom is -0.497 e. The van der Waals surface area contributed by atoms with E-state index in [0.29, 0.717) is 11.8 Å². The molecule has 1 atom stereocenters. The average Bonchev–Trinajstić information content (AvgIpc) is 2.51. The first-order valence-corrected chi connectivity index (χ1v) is 7.73. The molecule has 0 aliphatic carbocycles. The van der Waals surface area contributed by atoms with Gasteiger partial charge in [0.15, 0.2) is 5.15 Å². The smallest absolute Gasteiger partial charge is 0.152 e. The van der Waals surface area contributed by atoms with Gasteiger partial charge in [-0.15, -0.1) is 0 Å². The lowest BCUT2D eigenvalue weighted by atomic mass is 10.00. The summed E-state index contributed by atoms with van der Waals surface area (Å²) in [5.74, 6) is 1.68. The molecule has 0 spiro atoms. The Labute approximate surface area is 136 Å². The first-order chi connectivity index (χ1) is 10.2. The average molecular weight is 370 g/mol. The monoisotopic (exact) mass is 368 g/mol. The maximum absolute atomic E-state index is 6.15. The van der Waals surface area contributed by atoms with Crippen molar-refractivity contribution < 1.29 is 9.47 Å². The number of fused-ring (bicyclic) bond motifs is 1. The van der Waals surface area contributed by atoms with Crippen LogP contribution in [0.1, 0.15) is 18.0 Å². The van der Waals surface area contributed by atoms with Gasteiger partial charge < -0.3 is 14.8 Å². The Kier molecular flexibility index (Phi) is 4.22. The molecule has 1 aliphatic rings. The summed E-state index contributed by atoms with van der Waals surface area (Å²) in [4.78, 5) is 4.13. The molecule has 1 unspecified atom stereocenters. The highest BCUT2D eigenvalue weighted by molar-refractivity contribution is 9.10.